The minimum absolute atomic E-state index is 0.381. The number of halogens is 1. The number of fused-ring (bicyclic) bond motifs is 1. The number of oxime groups is 1. The van der Waals surface area contributed by atoms with Gasteiger partial charge in [0.15, 0.2) is 0 Å². The number of hydrogen-bond acceptors (Lipinski definition) is 4. The lowest BCUT2D eigenvalue weighted by molar-refractivity contribution is -0.131. The van der Waals surface area contributed by atoms with Crippen LogP contribution in [0, 0.1) is 0 Å². The number of nitrogens with zero attached hydrogens (tertiary/aromatic N) is 2. The molecule has 0 radical (unpaired) electrons. The Morgan fingerprint density at radius 1 is 1.19 bits per heavy atom. The van der Waals surface area contributed by atoms with Crippen LogP contribution in [0.1, 0.15) is 18.1 Å². The topological polar surface area (TPSA) is 78.8 Å². The number of benzene rings is 2. The van der Waals surface area contributed by atoms with Gasteiger partial charge in [-0.25, -0.2) is 5.43 Å². The molecule has 3 rings (SSSR count). The molecule has 132 valence electrons. The predicted octanol–water partition coefficient (Wildman–Crippen LogP) is 3.82. The molecule has 1 heterocycles. The molecule has 7 heteroatoms. The minimum Gasteiger partial charge on any atom is -0.383 e. The third kappa shape index (κ3) is 4.58. The number of amides is 1. The van der Waals surface area contributed by atoms with Gasteiger partial charge in [-0.3, -0.25) is 4.79 Å². The third-order valence-corrected chi connectivity index (χ3v) is 4.19. The Morgan fingerprint density at radius 2 is 1.96 bits per heavy atom. The van der Waals surface area contributed by atoms with Crippen molar-refractivity contribution < 1.29 is 9.63 Å². The Balaban J connectivity index is 1.51. The van der Waals surface area contributed by atoms with Gasteiger partial charge in [0, 0.05) is 27.1 Å². The Bertz CT molecular complexity index is 948. The zero-order chi connectivity index (χ0) is 18.4. The molecule has 0 bridgehead atoms. The molecule has 3 aromatic rings. The average molecular weight is 413 g/mol. The van der Waals surface area contributed by atoms with E-state index < -0.39 is 6.10 Å². The fourth-order valence-corrected chi connectivity index (χ4v) is 2.50. The predicted molar refractivity (Wildman–Crippen MR) is 106 cm³/mol. The second-order valence-corrected chi connectivity index (χ2v) is 6.47. The van der Waals surface area contributed by atoms with E-state index in [4.69, 9.17) is 4.84 Å². The normalized spacial score (nSPS) is 12.7. The summed E-state index contributed by atoms with van der Waals surface area (Å²) in [5, 5.41) is 8.85. The molecular formula is C19H17BrN4O2. The van der Waals surface area contributed by atoms with Gasteiger partial charge in [-0.15, -0.1) is 0 Å². The van der Waals surface area contributed by atoms with Gasteiger partial charge >= 0.3 is 0 Å². The summed E-state index contributed by atoms with van der Waals surface area (Å²) in [6, 6.07) is 15.4. The molecule has 26 heavy (non-hydrogen) atoms. The third-order valence-electron chi connectivity index (χ3n) is 3.66. The van der Waals surface area contributed by atoms with E-state index in [-0.39, 0.29) is 5.91 Å². The summed E-state index contributed by atoms with van der Waals surface area (Å²) in [6.45, 7) is 1.61. The molecule has 0 fully saturated rings. The molecule has 1 atom stereocenters. The monoisotopic (exact) mass is 412 g/mol. The molecule has 1 aromatic heterocycles. The summed E-state index contributed by atoms with van der Waals surface area (Å²) in [5.41, 5.74) is 5.23. The van der Waals surface area contributed by atoms with Crippen molar-refractivity contribution in [3.63, 3.8) is 0 Å². The number of aromatic nitrogens is 1. The number of H-pyrrole nitrogens is 1. The minimum atomic E-state index is -0.762. The van der Waals surface area contributed by atoms with Crippen LogP contribution in [0.15, 0.2) is 69.5 Å². The zero-order valence-corrected chi connectivity index (χ0v) is 15.6. The molecule has 0 saturated carbocycles. The van der Waals surface area contributed by atoms with Crippen molar-refractivity contribution in [1.29, 1.82) is 0 Å². The van der Waals surface area contributed by atoms with Gasteiger partial charge in [-0.05, 0) is 30.7 Å². The quantitative estimate of drug-likeness (QED) is 0.476. The summed E-state index contributed by atoms with van der Waals surface area (Å²) in [4.78, 5) is 20.3. The van der Waals surface area contributed by atoms with Crippen LogP contribution in [0.25, 0.3) is 10.9 Å². The molecule has 0 saturated heterocycles. The first-order valence-corrected chi connectivity index (χ1v) is 8.76. The number of rotatable bonds is 6. The first kappa shape index (κ1) is 17.9. The van der Waals surface area contributed by atoms with E-state index in [1.807, 2.05) is 54.7 Å². The van der Waals surface area contributed by atoms with Crippen molar-refractivity contribution >= 4 is 45.2 Å². The van der Waals surface area contributed by atoms with E-state index >= 15 is 0 Å². The number of hydrazone groups is 1. The summed E-state index contributed by atoms with van der Waals surface area (Å²) in [7, 11) is 0. The van der Waals surface area contributed by atoms with Crippen LogP contribution in [0.2, 0.25) is 0 Å². The second-order valence-electron chi connectivity index (χ2n) is 5.56. The molecule has 0 unspecified atom stereocenters. The number of carbonyl (C=O) groups excluding carboxylic acids is 1. The Labute approximate surface area is 159 Å². The molecule has 2 aromatic carbocycles. The van der Waals surface area contributed by atoms with E-state index in [1.165, 1.54) is 0 Å². The van der Waals surface area contributed by atoms with E-state index in [0.29, 0.717) is 0 Å². The highest BCUT2D eigenvalue weighted by molar-refractivity contribution is 9.10. The van der Waals surface area contributed by atoms with Crippen LogP contribution in [0.4, 0.5) is 0 Å². The van der Waals surface area contributed by atoms with Gasteiger partial charge in [0.25, 0.3) is 5.91 Å². The van der Waals surface area contributed by atoms with Gasteiger partial charge in [0.1, 0.15) is 0 Å². The SMILES string of the molecule is C[C@@H](O/N=C\c1ccc(Br)cc1)C(=O)N/N=C/c1c[nH]c2ccccc12. The zero-order valence-electron chi connectivity index (χ0n) is 14.0. The van der Waals surface area contributed by atoms with Crippen molar-refractivity contribution in [3.05, 3.63) is 70.3 Å². The fourth-order valence-electron chi connectivity index (χ4n) is 2.24. The highest BCUT2D eigenvalue weighted by Crippen LogP contribution is 2.15. The Morgan fingerprint density at radius 3 is 2.77 bits per heavy atom. The van der Waals surface area contributed by atoms with E-state index in [1.54, 1.807) is 19.4 Å². The van der Waals surface area contributed by atoms with Crippen LogP contribution in [-0.4, -0.2) is 29.4 Å². The van der Waals surface area contributed by atoms with Crippen LogP contribution in [0.5, 0.6) is 0 Å². The van der Waals surface area contributed by atoms with E-state index in [2.05, 4.69) is 36.6 Å². The van der Waals surface area contributed by atoms with Gasteiger partial charge in [0.2, 0.25) is 6.10 Å². The van der Waals surface area contributed by atoms with Crippen molar-refractivity contribution in [3.8, 4) is 0 Å². The van der Waals surface area contributed by atoms with Gasteiger partial charge in [-0.1, -0.05) is 51.4 Å². The van der Waals surface area contributed by atoms with Crippen molar-refractivity contribution in [2.24, 2.45) is 10.3 Å². The number of para-hydroxylation sites is 1. The standard InChI is InChI=1S/C19H17BrN4O2/c1-13(26-23-10-14-6-8-16(20)9-7-14)19(25)24-22-12-15-11-21-18-5-3-2-4-17(15)18/h2-13,21H,1H3,(H,24,25)/b22-12+,23-10-/t13-/m1/s1. The summed E-state index contributed by atoms with van der Waals surface area (Å²) >= 11 is 3.36. The molecule has 0 aliphatic carbocycles. The van der Waals surface area contributed by atoms with Gasteiger partial charge in [-0.2, -0.15) is 5.10 Å². The second kappa shape index (κ2) is 8.44. The molecule has 6 nitrogen and oxygen atoms in total. The van der Waals surface area contributed by atoms with Crippen molar-refractivity contribution in [2.75, 3.05) is 0 Å². The largest absolute Gasteiger partial charge is 0.383 e. The number of carbonyl (C=O) groups is 1. The molecule has 2 N–H and O–H groups in total. The molecule has 0 aliphatic heterocycles. The maximum Gasteiger partial charge on any atom is 0.283 e. The number of aromatic amines is 1. The molecule has 0 aliphatic rings. The van der Waals surface area contributed by atoms with Crippen LogP contribution < -0.4 is 5.43 Å². The van der Waals surface area contributed by atoms with Gasteiger partial charge in [0.05, 0.1) is 12.4 Å². The highest BCUT2D eigenvalue weighted by Gasteiger charge is 2.12. The molecular weight excluding hydrogens is 396 g/mol. The summed E-state index contributed by atoms with van der Waals surface area (Å²) in [6.07, 6.45) is 4.21. The van der Waals surface area contributed by atoms with Crippen molar-refractivity contribution in [1.82, 2.24) is 10.4 Å². The fraction of sp³-hybridized carbons (Fsp3) is 0.105. The molecule has 1 amide bonds. The maximum atomic E-state index is 12.0. The van der Waals surface area contributed by atoms with Crippen LogP contribution in [0.3, 0.4) is 0 Å². The highest BCUT2D eigenvalue weighted by atomic mass is 79.9. The number of nitrogens with one attached hydrogen (secondary N) is 2. The maximum absolute atomic E-state index is 12.0. The first-order valence-electron chi connectivity index (χ1n) is 7.97. The number of hydrogen-bond donors (Lipinski definition) is 2. The average Bonchev–Trinajstić information content (AvgIpc) is 3.06. The Kier molecular flexibility index (Phi) is 5.80. The van der Waals surface area contributed by atoms with Crippen molar-refractivity contribution in [2.45, 2.75) is 13.0 Å². The lowest BCUT2D eigenvalue weighted by Crippen LogP contribution is -2.30. The lowest BCUT2D eigenvalue weighted by Gasteiger charge is -2.06. The molecule has 0 spiro atoms. The van der Waals surface area contributed by atoms with Gasteiger partial charge < -0.3 is 9.82 Å². The first-order chi connectivity index (χ1) is 12.6. The summed E-state index contributed by atoms with van der Waals surface area (Å²) in [5.74, 6) is -0.381. The van der Waals surface area contributed by atoms with Crippen LogP contribution in [-0.2, 0) is 9.63 Å². The Hall–Kier alpha value is -2.93. The summed E-state index contributed by atoms with van der Waals surface area (Å²) < 4.78 is 0.983. The van der Waals surface area contributed by atoms with E-state index in [0.717, 1.165) is 26.5 Å². The van der Waals surface area contributed by atoms with E-state index in [9.17, 15) is 4.79 Å². The lowest BCUT2D eigenvalue weighted by atomic mass is 10.2. The van der Waals surface area contributed by atoms with Crippen LogP contribution >= 0.6 is 15.9 Å². The smallest absolute Gasteiger partial charge is 0.283 e.